The van der Waals surface area contributed by atoms with Crippen LogP contribution in [-0.4, -0.2) is 15.5 Å². The van der Waals surface area contributed by atoms with Crippen LogP contribution in [0, 0.1) is 12.3 Å². The number of imidazole rings is 1. The Labute approximate surface area is 117 Å². The minimum Gasteiger partial charge on any atom is -0.369 e. The Hall–Kier alpha value is -1.55. The van der Waals surface area contributed by atoms with Crippen molar-refractivity contribution in [3.8, 4) is 0 Å². The lowest BCUT2D eigenvalue weighted by Crippen LogP contribution is -2.35. The second-order valence-electron chi connectivity index (χ2n) is 5.49. The molecular formula is C14H18ClN3O. The van der Waals surface area contributed by atoms with E-state index in [1.165, 1.54) is 0 Å². The minimum atomic E-state index is -0.640. The lowest BCUT2D eigenvalue weighted by Gasteiger charge is -2.22. The maximum absolute atomic E-state index is 11.5. The highest BCUT2D eigenvalue weighted by molar-refractivity contribution is 6.16. The quantitative estimate of drug-likeness (QED) is 0.875. The number of alkyl halides is 1. The van der Waals surface area contributed by atoms with E-state index in [1.807, 2.05) is 43.5 Å². The SMILES string of the molecule is Cc1ccc2c(c1)nc(CCl)n2CC(C)(C)C(N)=O. The van der Waals surface area contributed by atoms with E-state index in [2.05, 4.69) is 4.98 Å². The number of nitrogens with two attached hydrogens (primary N) is 1. The first kappa shape index (κ1) is 13.9. The van der Waals surface area contributed by atoms with Crippen LogP contribution in [0.1, 0.15) is 25.2 Å². The van der Waals surface area contributed by atoms with Gasteiger partial charge in [0.1, 0.15) is 5.82 Å². The Kier molecular flexibility index (Phi) is 3.54. The fourth-order valence-electron chi connectivity index (χ4n) is 2.04. The summed E-state index contributed by atoms with van der Waals surface area (Å²) in [5.74, 6) is 0.737. The third-order valence-corrected chi connectivity index (χ3v) is 3.56. The van der Waals surface area contributed by atoms with Crippen molar-refractivity contribution in [2.24, 2.45) is 11.1 Å². The van der Waals surface area contributed by atoms with E-state index in [9.17, 15) is 4.79 Å². The van der Waals surface area contributed by atoms with Crippen LogP contribution in [0.4, 0.5) is 0 Å². The molecule has 4 nitrogen and oxygen atoms in total. The number of aryl methyl sites for hydroxylation is 1. The number of rotatable bonds is 4. The number of hydrogen-bond acceptors (Lipinski definition) is 2. The number of nitrogens with zero attached hydrogens (tertiary/aromatic N) is 2. The molecule has 0 radical (unpaired) electrons. The van der Waals surface area contributed by atoms with Gasteiger partial charge in [-0.1, -0.05) is 6.07 Å². The van der Waals surface area contributed by atoms with E-state index in [4.69, 9.17) is 17.3 Å². The standard InChI is InChI=1S/C14H18ClN3O/c1-9-4-5-11-10(6-9)17-12(7-15)18(11)8-14(2,3)13(16)19/h4-6H,7-8H2,1-3H3,(H2,16,19). The van der Waals surface area contributed by atoms with Gasteiger partial charge in [0, 0.05) is 6.54 Å². The van der Waals surface area contributed by atoms with E-state index in [1.54, 1.807) is 0 Å². The summed E-state index contributed by atoms with van der Waals surface area (Å²) in [5.41, 5.74) is 7.83. The van der Waals surface area contributed by atoms with Gasteiger partial charge in [0.15, 0.2) is 0 Å². The zero-order valence-electron chi connectivity index (χ0n) is 11.4. The second kappa shape index (κ2) is 4.85. The zero-order chi connectivity index (χ0) is 14.2. The molecule has 0 aliphatic rings. The first-order chi connectivity index (χ1) is 8.85. The van der Waals surface area contributed by atoms with Crippen LogP contribution in [-0.2, 0) is 17.2 Å². The van der Waals surface area contributed by atoms with Crippen molar-refractivity contribution in [2.75, 3.05) is 0 Å². The number of aromatic nitrogens is 2. The third kappa shape index (κ3) is 2.59. The number of carbonyl (C=O) groups is 1. The van der Waals surface area contributed by atoms with Crippen LogP contribution in [0.3, 0.4) is 0 Å². The lowest BCUT2D eigenvalue weighted by molar-refractivity contribution is -0.126. The van der Waals surface area contributed by atoms with Crippen molar-refractivity contribution in [1.29, 1.82) is 0 Å². The number of primary amides is 1. The Morgan fingerprint density at radius 1 is 1.47 bits per heavy atom. The number of carbonyl (C=O) groups excluding carboxylic acids is 1. The maximum atomic E-state index is 11.5. The average Bonchev–Trinajstić information content (AvgIpc) is 2.65. The molecule has 102 valence electrons. The molecule has 5 heteroatoms. The number of hydrogen-bond donors (Lipinski definition) is 1. The molecule has 0 aliphatic carbocycles. The Morgan fingerprint density at radius 3 is 2.74 bits per heavy atom. The normalized spacial score (nSPS) is 12.0. The van der Waals surface area contributed by atoms with Crippen molar-refractivity contribution in [3.63, 3.8) is 0 Å². The van der Waals surface area contributed by atoms with E-state index in [0.717, 1.165) is 22.4 Å². The highest BCUT2D eigenvalue weighted by Gasteiger charge is 2.27. The van der Waals surface area contributed by atoms with Crippen LogP contribution < -0.4 is 5.73 Å². The first-order valence-electron chi connectivity index (χ1n) is 6.17. The second-order valence-corrected chi connectivity index (χ2v) is 5.76. The van der Waals surface area contributed by atoms with Crippen LogP contribution in [0.5, 0.6) is 0 Å². The van der Waals surface area contributed by atoms with Crippen molar-refractivity contribution < 1.29 is 4.79 Å². The Morgan fingerprint density at radius 2 is 2.16 bits per heavy atom. The molecule has 0 fully saturated rings. The molecule has 1 heterocycles. The molecule has 1 amide bonds. The molecule has 1 aromatic heterocycles. The van der Waals surface area contributed by atoms with Crippen molar-refractivity contribution in [3.05, 3.63) is 29.6 Å². The van der Waals surface area contributed by atoms with Crippen molar-refractivity contribution in [2.45, 2.75) is 33.2 Å². The maximum Gasteiger partial charge on any atom is 0.224 e. The van der Waals surface area contributed by atoms with Gasteiger partial charge < -0.3 is 10.3 Å². The van der Waals surface area contributed by atoms with Crippen LogP contribution in [0.25, 0.3) is 11.0 Å². The number of fused-ring (bicyclic) bond motifs is 1. The zero-order valence-corrected chi connectivity index (χ0v) is 12.2. The van der Waals surface area contributed by atoms with Gasteiger partial charge in [0.25, 0.3) is 0 Å². The van der Waals surface area contributed by atoms with Gasteiger partial charge in [0.05, 0.1) is 22.3 Å². The van der Waals surface area contributed by atoms with E-state index in [-0.39, 0.29) is 5.91 Å². The van der Waals surface area contributed by atoms with Gasteiger partial charge in [-0.25, -0.2) is 4.98 Å². The molecule has 0 bridgehead atoms. The van der Waals surface area contributed by atoms with Crippen LogP contribution in [0.15, 0.2) is 18.2 Å². The highest BCUT2D eigenvalue weighted by atomic mass is 35.5. The third-order valence-electron chi connectivity index (χ3n) is 3.32. The first-order valence-corrected chi connectivity index (χ1v) is 6.70. The molecule has 0 saturated carbocycles. The highest BCUT2D eigenvalue weighted by Crippen LogP contribution is 2.25. The number of amides is 1. The van der Waals surface area contributed by atoms with Crippen molar-refractivity contribution in [1.82, 2.24) is 9.55 Å². The van der Waals surface area contributed by atoms with Gasteiger partial charge in [-0.05, 0) is 38.5 Å². The molecule has 2 rings (SSSR count). The number of benzene rings is 1. The molecule has 2 aromatic rings. The van der Waals surface area contributed by atoms with Crippen LogP contribution >= 0.6 is 11.6 Å². The van der Waals surface area contributed by atoms with E-state index in [0.29, 0.717) is 12.4 Å². The summed E-state index contributed by atoms with van der Waals surface area (Å²) >= 11 is 5.95. The summed E-state index contributed by atoms with van der Waals surface area (Å²) in [5, 5.41) is 0. The fraction of sp³-hybridized carbons (Fsp3) is 0.429. The van der Waals surface area contributed by atoms with Crippen molar-refractivity contribution >= 4 is 28.5 Å². The Bertz CT molecular complexity index is 631. The molecule has 0 spiro atoms. The summed E-state index contributed by atoms with van der Waals surface area (Å²) in [6.45, 7) is 6.15. The summed E-state index contributed by atoms with van der Waals surface area (Å²) in [4.78, 5) is 16.0. The van der Waals surface area contributed by atoms with Gasteiger partial charge >= 0.3 is 0 Å². The predicted molar refractivity (Wildman–Crippen MR) is 77.0 cm³/mol. The lowest BCUT2D eigenvalue weighted by atomic mass is 9.92. The van der Waals surface area contributed by atoms with Crippen LogP contribution in [0.2, 0.25) is 0 Å². The smallest absolute Gasteiger partial charge is 0.224 e. The summed E-state index contributed by atoms with van der Waals surface area (Å²) in [6, 6.07) is 6.04. The van der Waals surface area contributed by atoms with Gasteiger partial charge in [0.2, 0.25) is 5.91 Å². The summed E-state index contributed by atoms with van der Waals surface area (Å²) < 4.78 is 1.98. The molecule has 1 aromatic carbocycles. The molecular weight excluding hydrogens is 262 g/mol. The van der Waals surface area contributed by atoms with E-state index < -0.39 is 5.41 Å². The molecule has 0 aliphatic heterocycles. The van der Waals surface area contributed by atoms with E-state index >= 15 is 0 Å². The molecule has 0 unspecified atom stereocenters. The minimum absolute atomic E-state index is 0.308. The predicted octanol–water partition coefficient (Wildman–Crippen LogP) is 2.60. The summed E-state index contributed by atoms with van der Waals surface area (Å²) in [6.07, 6.45) is 0. The molecule has 2 N–H and O–H groups in total. The molecule has 0 atom stereocenters. The van der Waals surface area contributed by atoms with Gasteiger partial charge in [-0.3, -0.25) is 4.79 Å². The monoisotopic (exact) mass is 279 g/mol. The Balaban J connectivity index is 2.55. The summed E-state index contributed by atoms with van der Waals surface area (Å²) in [7, 11) is 0. The van der Waals surface area contributed by atoms with Gasteiger partial charge in [-0.15, -0.1) is 11.6 Å². The molecule has 19 heavy (non-hydrogen) atoms. The topological polar surface area (TPSA) is 60.9 Å². The molecule has 0 saturated heterocycles. The fourth-order valence-corrected chi connectivity index (χ4v) is 2.25. The average molecular weight is 280 g/mol. The van der Waals surface area contributed by atoms with Gasteiger partial charge in [-0.2, -0.15) is 0 Å². The largest absolute Gasteiger partial charge is 0.369 e. The number of halogens is 1.